The molecule has 1 saturated heterocycles. The second kappa shape index (κ2) is 11.0. The summed E-state index contributed by atoms with van der Waals surface area (Å²) in [4.78, 5) is 11.2. The van der Waals surface area contributed by atoms with Gasteiger partial charge in [0.1, 0.15) is 6.10 Å². The van der Waals surface area contributed by atoms with E-state index in [9.17, 15) is 9.90 Å². The highest BCUT2D eigenvalue weighted by molar-refractivity contribution is 5.82. The molecule has 2 rings (SSSR count). The van der Waals surface area contributed by atoms with Crippen LogP contribution >= 0.6 is 0 Å². The van der Waals surface area contributed by atoms with Gasteiger partial charge in [0.15, 0.2) is 0 Å². The predicted molar refractivity (Wildman–Crippen MR) is 103 cm³/mol. The van der Waals surface area contributed by atoms with Crippen LogP contribution in [-0.4, -0.2) is 29.9 Å². The third-order valence-electron chi connectivity index (χ3n) is 5.03. The lowest BCUT2D eigenvalue weighted by molar-refractivity contribution is -0.137. The number of hydrogen-bond donors (Lipinski definition) is 1. The zero-order chi connectivity index (χ0) is 18.8. The Hall–Kier alpha value is -1.81. The van der Waals surface area contributed by atoms with Crippen LogP contribution in [0, 0.1) is 11.8 Å². The first-order valence-electron chi connectivity index (χ1n) is 9.87. The third kappa shape index (κ3) is 6.17. The van der Waals surface area contributed by atoms with Gasteiger partial charge >= 0.3 is 5.97 Å². The van der Waals surface area contributed by atoms with Crippen molar-refractivity contribution in [3.8, 4) is 0 Å². The fourth-order valence-electron chi connectivity index (χ4n) is 3.71. The van der Waals surface area contributed by atoms with E-state index in [4.69, 9.17) is 9.47 Å². The van der Waals surface area contributed by atoms with Crippen LogP contribution in [0.4, 0.5) is 0 Å². The van der Waals surface area contributed by atoms with Crippen molar-refractivity contribution in [1.82, 2.24) is 0 Å². The normalized spacial score (nSPS) is 30.3. The summed E-state index contributed by atoms with van der Waals surface area (Å²) in [6.07, 6.45) is 19.0. The molecule has 0 aromatic rings. The van der Waals surface area contributed by atoms with E-state index in [-0.39, 0.29) is 24.1 Å². The molecule has 144 valence electrons. The Kier molecular flexibility index (Phi) is 8.69. The number of carbonyl (C=O) groups excluding carboxylic acids is 1. The third-order valence-corrected chi connectivity index (χ3v) is 5.03. The quantitative estimate of drug-likeness (QED) is 0.300. The number of allylic oxidation sites excluding steroid dienone is 6. The van der Waals surface area contributed by atoms with Crippen molar-refractivity contribution in [2.45, 2.75) is 64.6 Å². The van der Waals surface area contributed by atoms with Crippen LogP contribution in [-0.2, 0) is 14.3 Å². The van der Waals surface area contributed by atoms with Crippen molar-refractivity contribution in [2.24, 2.45) is 11.8 Å². The highest BCUT2D eigenvalue weighted by Crippen LogP contribution is 2.43. The van der Waals surface area contributed by atoms with Gasteiger partial charge in [-0.15, -0.1) is 0 Å². The molecule has 1 N–H and O–H groups in total. The lowest BCUT2D eigenvalue weighted by Gasteiger charge is -2.30. The van der Waals surface area contributed by atoms with Gasteiger partial charge in [0, 0.05) is 30.8 Å². The van der Waals surface area contributed by atoms with E-state index >= 15 is 0 Å². The van der Waals surface area contributed by atoms with Crippen molar-refractivity contribution < 1.29 is 19.4 Å². The number of unbranched alkanes of at least 4 members (excludes halogenated alkanes) is 2. The van der Waals surface area contributed by atoms with Gasteiger partial charge in [-0.1, -0.05) is 43.7 Å². The standard InChI is InChI=1S/C22H32O4/c1-3-5-8-11-17-14-15-19-18(20(23)16-21(19)26-17)12-9-6-7-10-13-22(24)25-4-2/h6-7,9-13,18-21,23H,3-5,8,14-16H2,1-2H3. The van der Waals surface area contributed by atoms with Gasteiger partial charge in [-0.05, 0) is 32.3 Å². The Balaban J connectivity index is 1.84. The molecule has 0 bridgehead atoms. The van der Waals surface area contributed by atoms with Crippen LogP contribution in [0.2, 0.25) is 0 Å². The summed E-state index contributed by atoms with van der Waals surface area (Å²) in [6.45, 7) is 4.36. The molecule has 2 fully saturated rings. The number of aliphatic hydroxyl groups is 1. The van der Waals surface area contributed by atoms with Gasteiger partial charge in [0.25, 0.3) is 0 Å². The van der Waals surface area contributed by atoms with Crippen LogP contribution in [0.15, 0.2) is 48.3 Å². The summed E-state index contributed by atoms with van der Waals surface area (Å²) >= 11 is 0. The van der Waals surface area contributed by atoms with E-state index in [1.807, 2.05) is 12.2 Å². The number of ether oxygens (including phenoxy) is 2. The minimum Gasteiger partial charge on any atom is -0.495 e. The van der Waals surface area contributed by atoms with Crippen LogP contribution in [0.3, 0.4) is 0 Å². The molecule has 4 heteroatoms. The van der Waals surface area contributed by atoms with E-state index in [1.165, 1.54) is 18.9 Å². The summed E-state index contributed by atoms with van der Waals surface area (Å²) in [6, 6.07) is 0. The molecule has 0 aromatic carbocycles. The Bertz CT molecular complexity index is 558. The van der Waals surface area contributed by atoms with Crippen molar-refractivity contribution in [3.05, 3.63) is 48.3 Å². The average Bonchev–Trinajstić information content (AvgIpc) is 2.93. The van der Waals surface area contributed by atoms with Gasteiger partial charge < -0.3 is 14.6 Å². The number of hydrogen-bond acceptors (Lipinski definition) is 4. The molecule has 4 unspecified atom stereocenters. The molecular formula is C22H32O4. The maximum Gasteiger partial charge on any atom is 0.330 e. The monoisotopic (exact) mass is 360 g/mol. The minimum absolute atomic E-state index is 0.133. The zero-order valence-corrected chi connectivity index (χ0v) is 16.0. The number of carbonyl (C=O) groups is 1. The second-order valence-electron chi connectivity index (χ2n) is 6.93. The predicted octanol–water partition coefficient (Wildman–Crippen LogP) is 4.47. The van der Waals surface area contributed by atoms with E-state index < -0.39 is 0 Å². The van der Waals surface area contributed by atoms with Gasteiger partial charge in [0.2, 0.25) is 0 Å². The number of fused-ring (bicyclic) bond motifs is 1. The molecule has 2 aliphatic rings. The summed E-state index contributed by atoms with van der Waals surface area (Å²) in [5, 5.41) is 10.4. The molecule has 1 saturated carbocycles. The fourth-order valence-corrected chi connectivity index (χ4v) is 3.71. The van der Waals surface area contributed by atoms with Gasteiger partial charge in [-0.3, -0.25) is 0 Å². The summed E-state index contributed by atoms with van der Waals surface area (Å²) in [7, 11) is 0. The first-order chi connectivity index (χ1) is 12.7. The Morgan fingerprint density at radius 2 is 2.08 bits per heavy atom. The van der Waals surface area contributed by atoms with Crippen molar-refractivity contribution >= 4 is 5.97 Å². The molecule has 0 radical (unpaired) electrons. The molecule has 0 amide bonds. The minimum atomic E-state index is -0.347. The van der Waals surface area contributed by atoms with Crippen molar-refractivity contribution in [1.29, 1.82) is 0 Å². The largest absolute Gasteiger partial charge is 0.495 e. The molecule has 4 nitrogen and oxygen atoms in total. The molecule has 4 atom stereocenters. The molecule has 0 aromatic heterocycles. The van der Waals surface area contributed by atoms with Gasteiger partial charge in [0.05, 0.1) is 18.5 Å². The zero-order valence-electron chi connectivity index (χ0n) is 16.0. The number of rotatable bonds is 8. The lowest BCUT2D eigenvalue weighted by atomic mass is 9.87. The molecule has 26 heavy (non-hydrogen) atoms. The van der Waals surface area contributed by atoms with Crippen LogP contribution < -0.4 is 0 Å². The highest BCUT2D eigenvalue weighted by atomic mass is 16.5. The Morgan fingerprint density at radius 1 is 1.27 bits per heavy atom. The Morgan fingerprint density at radius 3 is 2.85 bits per heavy atom. The SMILES string of the molecule is CCCCC=C1CCC2C(CC(O)C2C=CC=CC=CC(=O)OCC)O1. The van der Waals surface area contributed by atoms with Crippen LogP contribution in [0.1, 0.15) is 52.4 Å². The van der Waals surface area contributed by atoms with Crippen LogP contribution in [0.5, 0.6) is 0 Å². The second-order valence-corrected chi connectivity index (χ2v) is 6.93. The van der Waals surface area contributed by atoms with E-state index in [0.29, 0.717) is 18.9 Å². The summed E-state index contributed by atoms with van der Waals surface area (Å²) < 4.78 is 11.0. The first-order valence-corrected chi connectivity index (χ1v) is 9.87. The lowest BCUT2D eigenvalue weighted by Crippen LogP contribution is -2.26. The van der Waals surface area contributed by atoms with Crippen molar-refractivity contribution in [2.75, 3.05) is 6.61 Å². The summed E-state index contributed by atoms with van der Waals surface area (Å²) in [5.74, 6) is 1.29. The fraction of sp³-hybridized carbons (Fsp3) is 0.591. The summed E-state index contributed by atoms with van der Waals surface area (Å²) in [5.41, 5.74) is 0. The van der Waals surface area contributed by atoms with E-state index in [2.05, 4.69) is 19.1 Å². The van der Waals surface area contributed by atoms with Crippen LogP contribution in [0.25, 0.3) is 0 Å². The first kappa shape index (κ1) is 20.5. The number of aliphatic hydroxyl groups excluding tert-OH is 1. The molecule has 0 spiro atoms. The van der Waals surface area contributed by atoms with E-state index in [0.717, 1.165) is 25.0 Å². The van der Waals surface area contributed by atoms with Gasteiger partial charge in [-0.25, -0.2) is 4.79 Å². The topological polar surface area (TPSA) is 55.8 Å². The molecule has 1 aliphatic heterocycles. The maximum absolute atomic E-state index is 11.2. The molecule has 1 aliphatic carbocycles. The Labute approximate surface area is 157 Å². The smallest absolute Gasteiger partial charge is 0.330 e. The van der Waals surface area contributed by atoms with Crippen molar-refractivity contribution in [3.63, 3.8) is 0 Å². The average molecular weight is 360 g/mol. The van der Waals surface area contributed by atoms with Gasteiger partial charge in [-0.2, -0.15) is 0 Å². The molecule has 1 heterocycles. The molecular weight excluding hydrogens is 328 g/mol. The number of esters is 1. The highest BCUT2D eigenvalue weighted by Gasteiger charge is 2.44. The maximum atomic E-state index is 11.2. The van der Waals surface area contributed by atoms with E-state index in [1.54, 1.807) is 19.1 Å².